The smallest absolute Gasteiger partial charge is 0.287 e. The van der Waals surface area contributed by atoms with Crippen LogP contribution in [0.2, 0.25) is 0 Å². The van der Waals surface area contributed by atoms with Crippen LogP contribution in [0.4, 0.5) is 0 Å². The van der Waals surface area contributed by atoms with Crippen LogP contribution in [0.5, 0.6) is 0 Å². The fourth-order valence-corrected chi connectivity index (χ4v) is 0.770. The molecule has 1 saturated heterocycles. The normalized spacial score (nSPS) is 18.0. The summed E-state index contributed by atoms with van der Waals surface area (Å²) >= 11 is 0. The van der Waals surface area contributed by atoms with Gasteiger partial charge in [0.2, 0.25) is 6.29 Å². The Morgan fingerprint density at radius 3 is 2.89 bits per heavy atom. The summed E-state index contributed by atoms with van der Waals surface area (Å²) in [6, 6.07) is 0. The predicted octanol–water partition coefficient (Wildman–Crippen LogP) is -1.43. The molecule has 1 heterocycles. The molecule has 0 aromatic rings. The van der Waals surface area contributed by atoms with Crippen LogP contribution in [-0.4, -0.2) is 36.9 Å². The van der Waals surface area contributed by atoms with E-state index in [0.29, 0.717) is 19.5 Å². The number of nitrogens with zero attached hydrogens (tertiary/aromatic N) is 1. The first-order valence-corrected chi connectivity index (χ1v) is 2.79. The van der Waals surface area contributed by atoms with E-state index in [9.17, 15) is 9.59 Å². The van der Waals surface area contributed by atoms with Gasteiger partial charge in [0, 0.05) is 13.1 Å². The zero-order valence-corrected chi connectivity index (χ0v) is 4.96. The highest BCUT2D eigenvalue weighted by atomic mass is 16.2. The topological polar surface area (TPSA) is 49.4 Å². The molecule has 4 heteroatoms. The van der Waals surface area contributed by atoms with Gasteiger partial charge in [0.1, 0.15) is 0 Å². The van der Waals surface area contributed by atoms with Crippen molar-refractivity contribution in [3.63, 3.8) is 0 Å². The Hall–Kier alpha value is -0.900. The fraction of sp³-hybridized carbons (Fsp3) is 0.600. The summed E-state index contributed by atoms with van der Waals surface area (Å²) in [5.74, 6) is -0.431. The van der Waals surface area contributed by atoms with Crippen molar-refractivity contribution >= 4 is 12.2 Å². The minimum Gasteiger partial charge on any atom is -0.322 e. The van der Waals surface area contributed by atoms with Gasteiger partial charge in [-0.1, -0.05) is 0 Å². The van der Waals surface area contributed by atoms with Crippen molar-refractivity contribution in [2.24, 2.45) is 0 Å². The maximum atomic E-state index is 10.5. The molecule has 1 aliphatic rings. The van der Waals surface area contributed by atoms with E-state index >= 15 is 0 Å². The third-order valence-electron chi connectivity index (χ3n) is 1.27. The highest BCUT2D eigenvalue weighted by Crippen LogP contribution is 1.89. The maximum absolute atomic E-state index is 10.5. The number of hydrogen-bond acceptors (Lipinski definition) is 3. The third kappa shape index (κ3) is 1.26. The lowest BCUT2D eigenvalue weighted by Gasteiger charge is -2.07. The van der Waals surface area contributed by atoms with Gasteiger partial charge in [-0.15, -0.1) is 0 Å². The highest BCUT2D eigenvalue weighted by Gasteiger charge is 2.15. The fourth-order valence-electron chi connectivity index (χ4n) is 0.770. The lowest BCUT2D eigenvalue weighted by Crippen LogP contribution is -2.30. The molecule has 0 unspecified atom stereocenters. The van der Waals surface area contributed by atoms with E-state index < -0.39 is 5.91 Å². The Morgan fingerprint density at radius 1 is 1.67 bits per heavy atom. The summed E-state index contributed by atoms with van der Waals surface area (Å²) in [6.45, 7) is 1.95. The molecule has 0 saturated carbocycles. The van der Waals surface area contributed by atoms with Gasteiger partial charge in [0.05, 0.1) is 6.67 Å². The zero-order valence-electron chi connectivity index (χ0n) is 4.96. The van der Waals surface area contributed by atoms with Crippen LogP contribution < -0.4 is 5.32 Å². The largest absolute Gasteiger partial charge is 0.322 e. The zero-order chi connectivity index (χ0) is 6.69. The minimum atomic E-state index is -0.431. The second-order valence-electron chi connectivity index (χ2n) is 1.88. The van der Waals surface area contributed by atoms with Gasteiger partial charge in [-0.25, -0.2) is 0 Å². The third-order valence-corrected chi connectivity index (χ3v) is 1.27. The number of carbonyl (C=O) groups is 2. The molecule has 0 aromatic heterocycles. The molecule has 1 amide bonds. The van der Waals surface area contributed by atoms with E-state index in [2.05, 4.69) is 5.32 Å². The first-order valence-electron chi connectivity index (χ1n) is 2.79. The van der Waals surface area contributed by atoms with Gasteiger partial charge >= 0.3 is 0 Å². The number of carbonyl (C=O) groups excluding carboxylic acids is 2. The molecule has 50 valence electrons. The highest BCUT2D eigenvalue weighted by molar-refractivity contribution is 6.23. The second-order valence-corrected chi connectivity index (χ2v) is 1.88. The number of nitrogens with one attached hydrogen (secondary N) is 1. The Kier molecular flexibility index (Phi) is 1.79. The molecule has 0 atom stereocenters. The number of amides is 1. The van der Waals surface area contributed by atoms with Crippen molar-refractivity contribution in [2.75, 3.05) is 19.8 Å². The Bertz CT molecular complexity index is 129. The molecule has 1 aliphatic heterocycles. The van der Waals surface area contributed by atoms with E-state index in [0.717, 1.165) is 6.54 Å². The molecular weight excluding hydrogens is 120 g/mol. The van der Waals surface area contributed by atoms with Crippen molar-refractivity contribution in [3.8, 4) is 0 Å². The number of aldehydes is 1. The molecule has 0 aliphatic carbocycles. The van der Waals surface area contributed by atoms with Gasteiger partial charge in [-0.3, -0.25) is 14.9 Å². The molecule has 1 fully saturated rings. The van der Waals surface area contributed by atoms with Gasteiger partial charge in [0.25, 0.3) is 5.91 Å². The second kappa shape index (κ2) is 2.59. The lowest BCUT2D eigenvalue weighted by molar-refractivity contribution is -0.138. The Balaban J connectivity index is 2.41. The predicted molar refractivity (Wildman–Crippen MR) is 30.6 cm³/mol. The minimum absolute atomic E-state index is 0.340. The summed E-state index contributed by atoms with van der Waals surface area (Å²) in [4.78, 5) is 21.9. The average Bonchev–Trinajstić information content (AvgIpc) is 2.37. The van der Waals surface area contributed by atoms with Crippen molar-refractivity contribution in [2.45, 2.75) is 0 Å². The van der Waals surface area contributed by atoms with Crippen LogP contribution in [0.3, 0.4) is 0 Å². The van der Waals surface area contributed by atoms with E-state index in [1.807, 2.05) is 0 Å². The molecule has 0 spiro atoms. The lowest BCUT2D eigenvalue weighted by atomic mass is 10.5. The molecule has 9 heavy (non-hydrogen) atoms. The van der Waals surface area contributed by atoms with E-state index in [4.69, 9.17) is 0 Å². The van der Waals surface area contributed by atoms with Crippen LogP contribution in [-0.2, 0) is 9.59 Å². The van der Waals surface area contributed by atoms with E-state index in [-0.39, 0.29) is 0 Å². The van der Waals surface area contributed by atoms with Gasteiger partial charge in [-0.05, 0) is 0 Å². The first-order chi connectivity index (χ1) is 4.34. The molecule has 0 radical (unpaired) electrons. The van der Waals surface area contributed by atoms with Crippen LogP contribution in [0.15, 0.2) is 0 Å². The molecule has 0 aromatic carbocycles. The van der Waals surface area contributed by atoms with Crippen molar-refractivity contribution < 1.29 is 9.59 Å². The van der Waals surface area contributed by atoms with Crippen LogP contribution >= 0.6 is 0 Å². The number of hydrogen-bond donors (Lipinski definition) is 1. The molecule has 0 bridgehead atoms. The van der Waals surface area contributed by atoms with E-state index in [1.54, 1.807) is 0 Å². The van der Waals surface area contributed by atoms with Gasteiger partial charge in [0.15, 0.2) is 0 Å². The average molecular weight is 128 g/mol. The van der Waals surface area contributed by atoms with Crippen molar-refractivity contribution in [1.82, 2.24) is 10.2 Å². The monoisotopic (exact) mass is 128 g/mol. The molecule has 1 rings (SSSR count). The number of rotatable bonds is 1. The summed E-state index contributed by atoms with van der Waals surface area (Å²) in [5.41, 5.74) is 0. The van der Waals surface area contributed by atoms with Gasteiger partial charge in [-0.2, -0.15) is 0 Å². The summed E-state index contributed by atoms with van der Waals surface area (Å²) in [5, 5.41) is 2.93. The van der Waals surface area contributed by atoms with Crippen LogP contribution in [0.1, 0.15) is 0 Å². The summed E-state index contributed by atoms with van der Waals surface area (Å²) in [7, 11) is 0. The Morgan fingerprint density at radius 2 is 2.44 bits per heavy atom. The van der Waals surface area contributed by atoms with Crippen molar-refractivity contribution in [1.29, 1.82) is 0 Å². The quantitative estimate of drug-likeness (QED) is 0.348. The summed E-state index contributed by atoms with van der Waals surface area (Å²) in [6.07, 6.45) is 0.340. The van der Waals surface area contributed by atoms with Gasteiger partial charge < -0.3 is 4.90 Å². The standard InChI is InChI=1S/C5H8N2O2/c8-3-5(9)7-2-1-6-4-7/h3,6H,1-2,4H2. The molecule has 4 nitrogen and oxygen atoms in total. The van der Waals surface area contributed by atoms with Crippen LogP contribution in [0, 0.1) is 0 Å². The maximum Gasteiger partial charge on any atom is 0.287 e. The van der Waals surface area contributed by atoms with E-state index in [1.165, 1.54) is 4.90 Å². The van der Waals surface area contributed by atoms with Crippen LogP contribution in [0.25, 0.3) is 0 Å². The summed E-state index contributed by atoms with van der Waals surface area (Å²) < 4.78 is 0. The SMILES string of the molecule is O=CC(=O)N1CCNC1. The molecule has 1 N–H and O–H groups in total. The van der Waals surface area contributed by atoms with Crippen molar-refractivity contribution in [3.05, 3.63) is 0 Å². The molecular formula is C5H8N2O2. The Labute approximate surface area is 52.8 Å². The first kappa shape index (κ1) is 6.22.